The van der Waals surface area contributed by atoms with E-state index in [2.05, 4.69) is 12.6 Å². The maximum Gasteiger partial charge on any atom is 0.254 e. The second-order valence-electron chi connectivity index (χ2n) is 5.12. The summed E-state index contributed by atoms with van der Waals surface area (Å²) >= 11 is 10.4. The number of carbonyl (C=O) groups excluding carboxylic acids is 2. The van der Waals surface area contributed by atoms with E-state index >= 15 is 0 Å². The first kappa shape index (κ1) is 15.2. The Morgan fingerprint density at radius 2 is 2.20 bits per heavy atom. The maximum atomic E-state index is 12.0. The molecule has 2 rings (SSSR count). The highest BCUT2D eigenvalue weighted by Crippen LogP contribution is 2.29. The Morgan fingerprint density at radius 1 is 1.50 bits per heavy atom. The van der Waals surface area contributed by atoms with Crippen LogP contribution in [0.5, 0.6) is 0 Å². The highest BCUT2D eigenvalue weighted by Gasteiger charge is 2.30. The van der Waals surface area contributed by atoms with E-state index in [4.69, 9.17) is 11.6 Å². The van der Waals surface area contributed by atoms with Gasteiger partial charge in [-0.25, -0.2) is 0 Å². The molecule has 0 spiro atoms. The van der Waals surface area contributed by atoms with Crippen molar-refractivity contribution in [3.05, 3.63) is 28.8 Å². The lowest BCUT2D eigenvalue weighted by atomic mass is 10.1. The van der Waals surface area contributed by atoms with Crippen molar-refractivity contribution in [2.45, 2.75) is 6.42 Å². The molecule has 108 valence electrons. The summed E-state index contributed by atoms with van der Waals surface area (Å²) in [5, 5.41) is 0.364. The Balaban J connectivity index is 2.26. The molecule has 1 fully saturated rings. The van der Waals surface area contributed by atoms with Crippen LogP contribution in [0.4, 0.5) is 5.69 Å². The van der Waals surface area contributed by atoms with Gasteiger partial charge in [-0.05, 0) is 29.9 Å². The maximum absolute atomic E-state index is 12.0. The molecular weight excluding hydrogens is 296 g/mol. The summed E-state index contributed by atoms with van der Waals surface area (Å²) in [5.74, 6) is 0.884. The molecule has 0 aromatic heterocycles. The van der Waals surface area contributed by atoms with E-state index in [1.54, 1.807) is 37.2 Å². The van der Waals surface area contributed by atoms with Gasteiger partial charge >= 0.3 is 0 Å². The van der Waals surface area contributed by atoms with Crippen LogP contribution in [0, 0.1) is 5.92 Å². The van der Waals surface area contributed by atoms with Crippen molar-refractivity contribution in [3.8, 4) is 0 Å². The van der Waals surface area contributed by atoms with Crippen LogP contribution < -0.4 is 4.90 Å². The highest BCUT2D eigenvalue weighted by atomic mass is 35.5. The lowest BCUT2D eigenvalue weighted by molar-refractivity contribution is -0.117. The van der Waals surface area contributed by atoms with E-state index in [1.165, 1.54) is 4.90 Å². The molecule has 0 saturated carbocycles. The molecule has 1 unspecified atom stereocenters. The van der Waals surface area contributed by atoms with Crippen LogP contribution in [-0.4, -0.2) is 43.1 Å². The zero-order valence-electron chi connectivity index (χ0n) is 11.5. The van der Waals surface area contributed by atoms with Crippen LogP contribution >= 0.6 is 24.2 Å². The van der Waals surface area contributed by atoms with Crippen LogP contribution in [0.3, 0.4) is 0 Å². The molecule has 1 aliphatic rings. The van der Waals surface area contributed by atoms with E-state index in [0.29, 0.717) is 29.3 Å². The summed E-state index contributed by atoms with van der Waals surface area (Å²) in [5.41, 5.74) is 1.18. The van der Waals surface area contributed by atoms with E-state index in [0.717, 1.165) is 5.69 Å². The van der Waals surface area contributed by atoms with Gasteiger partial charge in [-0.1, -0.05) is 11.6 Å². The molecule has 1 heterocycles. The quantitative estimate of drug-likeness (QED) is 0.870. The van der Waals surface area contributed by atoms with Crippen molar-refractivity contribution in [1.82, 2.24) is 4.90 Å². The summed E-state index contributed by atoms with van der Waals surface area (Å²) in [4.78, 5) is 27.0. The molecule has 4 nitrogen and oxygen atoms in total. The van der Waals surface area contributed by atoms with Crippen LogP contribution in [-0.2, 0) is 4.79 Å². The Hall–Kier alpha value is -1.20. The predicted octanol–water partition coefficient (Wildman–Crippen LogP) is 2.32. The minimum absolute atomic E-state index is 0.0757. The summed E-state index contributed by atoms with van der Waals surface area (Å²) in [6.45, 7) is 0.652. The predicted molar refractivity (Wildman–Crippen MR) is 83.8 cm³/mol. The minimum atomic E-state index is -0.150. The van der Waals surface area contributed by atoms with Gasteiger partial charge in [-0.15, -0.1) is 0 Å². The van der Waals surface area contributed by atoms with Gasteiger partial charge in [-0.2, -0.15) is 12.6 Å². The third-order valence-corrected chi connectivity index (χ3v) is 4.19. The second-order valence-corrected chi connectivity index (χ2v) is 5.89. The molecular formula is C14H17ClN2O2S. The van der Waals surface area contributed by atoms with Crippen molar-refractivity contribution >= 4 is 41.7 Å². The van der Waals surface area contributed by atoms with E-state index in [-0.39, 0.29) is 17.7 Å². The van der Waals surface area contributed by atoms with Gasteiger partial charge in [0, 0.05) is 32.7 Å². The fourth-order valence-corrected chi connectivity index (χ4v) is 2.74. The van der Waals surface area contributed by atoms with Crippen molar-refractivity contribution in [3.63, 3.8) is 0 Å². The van der Waals surface area contributed by atoms with Crippen molar-refractivity contribution < 1.29 is 9.59 Å². The molecule has 1 aliphatic heterocycles. The molecule has 6 heteroatoms. The fraction of sp³-hybridized carbons (Fsp3) is 0.429. The topological polar surface area (TPSA) is 40.6 Å². The summed E-state index contributed by atoms with van der Waals surface area (Å²) in [6, 6.07) is 5.11. The van der Waals surface area contributed by atoms with Crippen LogP contribution in [0.2, 0.25) is 5.02 Å². The smallest absolute Gasteiger partial charge is 0.254 e. The number of rotatable bonds is 3. The van der Waals surface area contributed by atoms with Gasteiger partial charge in [-0.3, -0.25) is 9.59 Å². The number of nitrogens with zero attached hydrogens (tertiary/aromatic N) is 2. The van der Waals surface area contributed by atoms with Gasteiger partial charge in [0.2, 0.25) is 5.91 Å². The molecule has 0 N–H and O–H groups in total. The molecule has 0 aliphatic carbocycles. The average molecular weight is 313 g/mol. The lowest BCUT2D eigenvalue weighted by Crippen LogP contribution is -2.25. The monoisotopic (exact) mass is 312 g/mol. The average Bonchev–Trinajstić information content (AvgIpc) is 2.79. The van der Waals surface area contributed by atoms with E-state index in [9.17, 15) is 9.59 Å². The van der Waals surface area contributed by atoms with E-state index < -0.39 is 0 Å². The van der Waals surface area contributed by atoms with Crippen molar-refractivity contribution in [2.75, 3.05) is 31.3 Å². The Labute approximate surface area is 129 Å². The van der Waals surface area contributed by atoms with Gasteiger partial charge in [0.05, 0.1) is 10.6 Å². The SMILES string of the molecule is CN(C)C(=O)c1ccc(N2CC(CS)CC2=O)cc1Cl. The van der Waals surface area contributed by atoms with Gasteiger partial charge in [0.1, 0.15) is 0 Å². The first-order valence-electron chi connectivity index (χ1n) is 6.36. The van der Waals surface area contributed by atoms with Gasteiger partial charge < -0.3 is 9.80 Å². The number of benzene rings is 1. The third kappa shape index (κ3) is 2.94. The summed E-state index contributed by atoms with van der Waals surface area (Å²) < 4.78 is 0. The van der Waals surface area contributed by atoms with Crippen LogP contribution in [0.15, 0.2) is 18.2 Å². The number of anilines is 1. The number of thiol groups is 1. The fourth-order valence-electron chi connectivity index (χ4n) is 2.24. The molecule has 1 saturated heterocycles. The molecule has 0 radical (unpaired) electrons. The number of amides is 2. The molecule has 1 atom stereocenters. The van der Waals surface area contributed by atoms with Gasteiger partial charge in [0.15, 0.2) is 0 Å². The molecule has 1 aromatic rings. The number of hydrogen-bond donors (Lipinski definition) is 1. The van der Waals surface area contributed by atoms with Crippen LogP contribution in [0.1, 0.15) is 16.8 Å². The lowest BCUT2D eigenvalue weighted by Gasteiger charge is -2.18. The van der Waals surface area contributed by atoms with Crippen molar-refractivity contribution in [2.24, 2.45) is 5.92 Å². The van der Waals surface area contributed by atoms with Crippen LogP contribution in [0.25, 0.3) is 0 Å². The normalized spacial score (nSPS) is 18.5. The number of hydrogen-bond acceptors (Lipinski definition) is 3. The Morgan fingerprint density at radius 3 is 2.70 bits per heavy atom. The second kappa shape index (κ2) is 6.06. The summed E-state index contributed by atoms with van der Waals surface area (Å²) in [6.07, 6.45) is 0.513. The Bertz CT molecular complexity index is 548. The zero-order chi connectivity index (χ0) is 14.9. The molecule has 1 aromatic carbocycles. The zero-order valence-corrected chi connectivity index (χ0v) is 13.1. The van der Waals surface area contributed by atoms with Crippen molar-refractivity contribution in [1.29, 1.82) is 0 Å². The van der Waals surface area contributed by atoms with Gasteiger partial charge in [0.25, 0.3) is 5.91 Å². The highest BCUT2D eigenvalue weighted by molar-refractivity contribution is 7.80. The molecule has 0 bridgehead atoms. The summed E-state index contributed by atoms with van der Waals surface area (Å²) in [7, 11) is 3.35. The minimum Gasteiger partial charge on any atom is -0.345 e. The first-order chi connectivity index (χ1) is 9.43. The number of carbonyl (C=O) groups is 2. The standard InChI is InChI=1S/C14H17ClN2O2S/c1-16(2)14(19)11-4-3-10(6-12(11)15)17-7-9(8-20)5-13(17)18/h3-4,6,9,20H,5,7-8H2,1-2H3. The molecule has 2 amide bonds. The Kier molecular flexibility index (Phi) is 4.60. The largest absolute Gasteiger partial charge is 0.345 e. The third-order valence-electron chi connectivity index (χ3n) is 3.36. The van der Waals surface area contributed by atoms with E-state index in [1.807, 2.05) is 0 Å². The number of halogens is 1. The molecule has 20 heavy (non-hydrogen) atoms. The first-order valence-corrected chi connectivity index (χ1v) is 7.37.